The molecule has 3 heteroatoms. The fourth-order valence-electron chi connectivity index (χ4n) is 3.88. The zero-order chi connectivity index (χ0) is 18.5. The quantitative estimate of drug-likeness (QED) is 0.526. The summed E-state index contributed by atoms with van der Waals surface area (Å²) in [5.74, 6) is 0. The van der Waals surface area contributed by atoms with Crippen molar-refractivity contribution in [3.63, 3.8) is 0 Å². The molecule has 3 aromatic carbocycles. The average molecular weight is 354 g/mol. The molecule has 0 unspecified atom stereocenters. The molecule has 0 aliphatic carbocycles. The van der Waals surface area contributed by atoms with E-state index in [4.69, 9.17) is 0 Å². The lowest BCUT2D eigenvalue weighted by Gasteiger charge is -2.38. The number of rotatable bonds is 6. The van der Waals surface area contributed by atoms with E-state index in [1.807, 2.05) is 30.7 Å². The van der Waals surface area contributed by atoms with Crippen LogP contribution in [0.15, 0.2) is 104 Å². The summed E-state index contributed by atoms with van der Waals surface area (Å²) < 4.78 is 2.20. The first-order valence-corrected chi connectivity index (χ1v) is 9.16. The molecule has 0 bridgehead atoms. The highest BCUT2D eigenvalue weighted by atomic mass is 16.3. The van der Waals surface area contributed by atoms with E-state index >= 15 is 0 Å². The number of hydrogen-bond donors (Lipinski definition) is 1. The van der Waals surface area contributed by atoms with Crippen LogP contribution in [0.1, 0.15) is 22.4 Å². The maximum atomic E-state index is 9.60. The molecule has 0 radical (unpaired) electrons. The van der Waals surface area contributed by atoms with Crippen molar-refractivity contribution in [2.75, 3.05) is 6.61 Å². The lowest BCUT2D eigenvalue weighted by molar-refractivity contribution is 0.294. The Morgan fingerprint density at radius 1 is 0.704 bits per heavy atom. The highest BCUT2D eigenvalue weighted by Gasteiger charge is 2.39. The molecule has 0 saturated heterocycles. The van der Waals surface area contributed by atoms with Gasteiger partial charge in [0.05, 0.1) is 6.33 Å². The summed E-state index contributed by atoms with van der Waals surface area (Å²) in [6.45, 7) is 0.0835. The molecule has 3 nitrogen and oxygen atoms in total. The lowest BCUT2D eigenvalue weighted by atomic mass is 9.76. The second kappa shape index (κ2) is 7.60. The van der Waals surface area contributed by atoms with Crippen molar-refractivity contribution in [1.82, 2.24) is 9.55 Å². The van der Waals surface area contributed by atoms with Crippen molar-refractivity contribution in [3.05, 3.63) is 126 Å². The minimum absolute atomic E-state index is 0.0835. The Bertz CT molecular complexity index is 882. The molecule has 0 aliphatic rings. The van der Waals surface area contributed by atoms with E-state index in [-0.39, 0.29) is 6.61 Å². The normalized spacial score (nSPS) is 11.4. The van der Waals surface area contributed by atoms with Gasteiger partial charge in [-0.15, -0.1) is 0 Å². The lowest BCUT2D eigenvalue weighted by Crippen LogP contribution is -2.38. The largest absolute Gasteiger partial charge is 0.396 e. The van der Waals surface area contributed by atoms with Crippen molar-refractivity contribution in [1.29, 1.82) is 0 Å². The molecule has 0 aliphatic heterocycles. The molecule has 0 amide bonds. The third-order valence-electron chi connectivity index (χ3n) is 5.02. The summed E-state index contributed by atoms with van der Waals surface area (Å²) >= 11 is 0. The summed E-state index contributed by atoms with van der Waals surface area (Å²) in [6, 6.07) is 31.4. The molecule has 4 aromatic rings. The first kappa shape index (κ1) is 17.3. The molecule has 1 aromatic heterocycles. The van der Waals surface area contributed by atoms with E-state index < -0.39 is 5.54 Å². The maximum Gasteiger partial charge on any atom is 0.121 e. The Morgan fingerprint density at radius 3 is 1.56 bits per heavy atom. The van der Waals surface area contributed by atoms with Gasteiger partial charge in [0.15, 0.2) is 0 Å². The molecule has 4 rings (SSSR count). The second-order valence-corrected chi connectivity index (χ2v) is 6.54. The van der Waals surface area contributed by atoms with Gasteiger partial charge in [0.1, 0.15) is 5.54 Å². The molecular formula is C24H22N2O. The molecule has 1 heterocycles. The van der Waals surface area contributed by atoms with Crippen LogP contribution in [0.3, 0.4) is 0 Å². The first-order chi connectivity index (χ1) is 13.4. The smallest absolute Gasteiger partial charge is 0.121 e. The highest BCUT2D eigenvalue weighted by molar-refractivity contribution is 5.51. The van der Waals surface area contributed by atoms with E-state index in [1.165, 1.54) is 0 Å². The van der Waals surface area contributed by atoms with Gasteiger partial charge in [0, 0.05) is 24.9 Å². The van der Waals surface area contributed by atoms with Crippen LogP contribution < -0.4 is 0 Å². The minimum atomic E-state index is -0.565. The Hall–Kier alpha value is -3.17. The van der Waals surface area contributed by atoms with Crippen LogP contribution >= 0.6 is 0 Å². The van der Waals surface area contributed by atoms with Crippen LogP contribution in [0, 0.1) is 0 Å². The number of nitrogens with zero attached hydrogens (tertiary/aromatic N) is 2. The second-order valence-electron chi connectivity index (χ2n) is 6.54. The summed E-state index contributed by atoms with van der Waals surface area (Å²) in [5.41, 5.74) is 3.89. The molecule has 0 atom stereocenters. The van der Waals surface area contributed by atoms with Crippen molar-refractivity contribution >= 4 is 0 Å². The average Bonchev–Trinajstić information content (AvgIpc) is 3.20. The van der Waals surface area contributed by atoms with Gasteiger partial charge >= 0.3 is 0 Å². The van der Waals surface area contributed by atoms with Crippen LogP contribution in [0.2, 0.25) is 0 Å². The zero-order valence-electron chi connectivity index (χ0n) is 15.1. The number of aliphatic hydroxyl groups is 1. The predicted octanol–water partition coefficient (Wildman–Crippen LogP) is 4.26. The Balaban J connectivity index is 2.12. The number of aromatic nitrogens is 2. The standard InChI is InChI=1S/C24H22N2O/c27-17-16-23-18-25-19-26(23)24(20-10-4-1-5-11-20,21-12-6-2-7-13-21)22-14-8-3-9-15-22/h1-15,18-19,27H,16-17H2. The van der Waals surface area contributed by atoms with E-state index in [0.717, 1.165) is 22.4 Å². The minimum Gasteiger partial charge on any atom is -0.396 e. The zero-order valence-corrected chi connectivity index (χ0v) is 15.1. The molecular weight excluding hydrogens is 332 g/mol. The van der Waals surface area contributed by atoms with Crippen molar-refractivity contribution in [2.45, 2.75) is 12.0 Å². The van der Waals surface area contributed by atoms with E-state index in [0.29, 0.717) is 6.42 Å². The maximum absolute atomic E-state index is 9.60. The van der Waals surface area contributed by atoms with Crippen molar-refractivity contribution in [3.8, 4) is 0 Å². The summed E-state index contributed by atoms with van der Waals surface area (Å²) in [4.78, 5) is 4.44. The monoisotopic (exact) mass is 354 g/mol. The van der Waals surface area contributed by atoms with Crippen LogP contribution in [0.5, 0.6) is 0 Å². The molecule has 1 N–H and O–H groups in total. The fourth-order valence-corrected chi connectivity index (χ4v) is 3.88. The van der Waals surface area contributed by atoms with Crippen molar-refractivity contribution in [2.24, 2.45) is 0 Å². The van der Waals surface area contributed by atoms with Crippen molar-refractivity contribution < 1.29 is 5.11 Å². The first-order valence-electron chi connectivity index (χ1n) is 9.16. The molecule has 0 saturated carbocycles. The number of hydrogen-bond acceptors (Lipinski definition) is 2. The van der Waals surface area contributed by atoms with Gasteiger partial charge in [-0.25, -0.2) is 4.98 Å². The van der Waals surface area contributed by atoms with Crippen LogP contribution in [0.4, 0.5) is 0 Å². The van der Waals surface area contributed by atoms with Gasteiger partial charge in [-0.3, -0.25) is 0 Å². The SMILES string of the molecule is OCCc1cncn1C(c1ccccc1)(c1ccccc1)c1ccccc1. The van der Waals surface area contributed by atoms with Gasteiger partial charge < -0.3 is 9.67 Å². The number of imidazole rings is 1. The van der Waals surface area contributed by atoms with Gasteiger partial charge in [-0.1, -0.05) is 91.0 Å². The van der Waals surface area contributed by atoms with Gasteiger partial charge in [-0.2, -0.15) is 0 Å². The van der Waals surface area contributed by atoms with Gasteiger partial charge in [0.2, 0.25) is 0 Å². The van der Waals surface area contributed by atoms with Crippen LogP contribution in [-0.2, 0) is 12.0 Å². The van der Waals surface area contributed by atoms with E-state index in [1.54, 1.807) is 0 Å². The van der Waals surface area contributed by atoms with E-state index in [2.05, 4.69) is 82.3 Å². The topological polar surface area (TPSA) is 38.1 Å². The molecule has 27 heavy (non-hydrogen) atoms. The summed E-state index contributed by atoms with van der Waals surface area (Å²) in [6.07, 6.45) is 4.27. The third-order valence-corrected chi connectivity index (χ3v) is 5.02. The van der Waals surface area contributed by atoms with Crippen LogP contribution in [-0.4, -0.2) is 21.3 Å². The Kier molecular flexibility index (Phi) is 4.86. The molecule has 0 spiro atoms. The molecule has 0 fully saturated rings. The summed E-state index contributed by atoms with van der Waals surface area (Å²) in [5, 5.41) is 9.60. The van der Waals surface area contributed by atoms with Gasteiger partial charge in [-0.05, 0) is 16.7 Å². The fraction of sp³-hybridized carbons (Fsp3) is 0.125. The molecule has 134 valence electrons. The number of benzene rings is 3. The third kappa shape index (κ3) is 2.96. The Morgan fingerprint density at radius 2 is 1.15 bits per heavy atom. The summed E-state index contributed by atoms with van der Waals surface area (Å²) in [7, 11) is 0. The predicted molar refractivity (Wildman–Crippen MR) is 108 cm³/mol. The highest BCUT2D eigenvalue weighted by Crippen LogP contribution is 2.41. The number of aliphatic hydroxyl groups excluding tert-OH is 1. The Labute approximate surface area is 159 Å². The van der Waals surface area contributed by atoms with E-state index in [9.17, 15) is 5.11 Å². The van der Waals surface area contributed by atoms with Crippen LogP contribution in [0.25, 0.3) is 0 Å². The van der Waals surface area contributed by atoms with Gasteiger partial charge in [0.25, 0.3) is 0 Å².